The molecule has 0 aromatic heterocycles. The fraction of sp³-hybridized carbons (Fsp3) is 0.333. The normalized spacial score (nSPS) is 23.6. The number of fused-ring (bicyclic) bond motifs is 1. The molecule has 5 rings (SSSR count). The molecule has 3 aliphatic rings. The maximum absolute atomic E-state index is 12.4. The van der Waals surface area contributed by atoms with Gasteiger partial charge in [0.25, 0.3) is 0 Å². The number of aliphatic imine (C=N–C) groups is 1. The molecule has 0 amide bonds. The van der Waals surface area contributed by atoms with Crippen LogP contribution in [0, 0.1) is 0 Å². The van der Waals surface area contributed by atoms with E-state index in [-0.39, 0.29) is 0 Å². The van der Waals surface area contributed by atoms with Crippen molar-refractivity contribution in [3.05, 3.63) is 64.1 Å². The topological polar surface area (TPSA) is 71.0 Å². The van der Waals surface area contributed by atoms with Crippen molar-refractivity contribution in [2.75, 3.05) is 13.1 Å². The predicted molar refractivity (Wildman–Crippen MR) is 123 cm³/mol. The number of nitrogens with one attached hydrogen (secondary N) is 1. The third-order valence-corrected chi connectivity index (χ3v) is 8.13. The summed E-state index contributed by atoms with van der Waals surface area (Å²) in [5.74, 6) is 1.13. The van der Waals surface area contributed by atoms with Gasteiger partial charge in [-0.15, -0.1) is 0 Å². The first-order valence-electron chi connectivity index (χ1n) is 9.85. The standard InChI is InChI=1S/C21H20BrN3O3S2/c22-16-6-1-4-14(12-16)21(19-23-10-3-11-25(19)20(29)24-21)15-5-2-7-17(13-15)28-30(26,27)18-8-9-18/h1-2,4-7,12-13,18H,3,8-11H2,(H,24,29). The Kier molecular flexibility index (Phi) is 4.87. The highest BCUT2D eigenvalue weighted by molar-refractivity contribution is 9.10. The van der Waals surface area contributed by atoms with E-state index in [4.69, 9.17) is 21.4 Å². The molecule has 2 aliphatic heterocycles. The molecule has 156 valence electrons. The molecule has 1 unspecified atom stereocenters. The van der Waals surface area contributed by atoms with Crippen LogP contribution in [0.15, 0.2) is 58.0 Å². The van der Waals surface area contributed by atoms with Gasteiger partial charge in [0.1, 0.15) is 17.1 Å². The molecule has 2 heterocycles. The average molecular weight is 506 g/mol. The van der Waals surface area contributed by atoms with E-state index in [9.17, 15) is 8.42 Å². The van der Waals surface area contributed by atoms with E-state index in [1.165, 1.54) is 0 Å². The molecular formula is C21H20BrN3O3S2. The van der Waals surface area contributed by atoms with Crippen LogP contribution in [-0.2, 0) is 15.7 Å². The van der Waals surface area contributed by atoms with Crippen molar-refractivity contribution in [1.29, 1.82) is 0 Å². The van der Waals surface area contributed by atoms with Gasteiger partial charge in [-0.05, 0) is 66.9 Å². The lowest BCUT2D eigenvalue weighted by molar-refractivity contribution is 0.483. The lowest BCUT2D eigenvalue weighted by atomic mass is 9.82. The number of nitrogens with zero attached hydrogens (tertiary/aromatic N) is 2. The molecule has 1 atom stereocenters. The maximum Gasteiger partial charge on any atom is 0.312 e. The van der Waals surface area contributed by atoms with Crippen LogP contribution in [0.1, 0.15) is 30.4 Å². The van der Waals surface area contributed by atoms with E-state index >= 15 is 0 Å². The lowest BCUT2D eigenvalue weighted by Crippen LogP contribution is -2.46. The fourth-order valence-electron chi connectivity index (χ4n) is 4.04. The van der Waals surface area contributed by atoms with Crippen molar-refractivity contribution < 1.29 is 12.6 Å². The second kappa shape index (κ2) is 7.32. The number of halogens is 1. The summed E-state index contributed by atoms with van der Waals surface area (Å²) < 4.78 is 31.1. The number of amidine groups is 1. The summed E-state index contributed by atoms with van der Waals surface area (Å²) in [5.41, 5.74) is 0.975. The monoisotopic (exact) mass is 505 g/mol. The summed E-state index contributed by atoms with van der Waals surface area (Å²) in [6, 6.07) is 15.2. The quantitative estimate of drug-likeness (QED) is 0.494. The highest BCUT2D eigenvalue weighted by atomic mass is 79.9. The second-order valence-corrected chi connectivity index (χ2v) is 10.8. The van der Waals surface area contributed by atoms with Crippen molar-refractivity contribution in [1.82, 2.24) is 10.2 Å². The van der Waals surface area contributed by atoms with E-state index in [0.717, 1.165) is 40.9 Å². The number of thiocarbonyl (C=S) groups is 1. The molecule has 9 heteroatoms. The second-order valence-electron chi connectivity index (χ2n) is 7.70. The van der Waals surface area contributed by atoms with Gasteiger partial charge < -0.3 is 14.4 Å². The molecule has 6 nitrogen and oxygen atoms in total. The van der Waals surface area contributed by atoms with Gasteiger partial charge in [0.05, 0.1) is 5.25 Å². The lowest BCUT2D eigenvalue weighted by Gasteiger charge is -2.33. The fourth-order valence-corrected chi connectivity index (χ4v) is 5.99. The van der Waals surface area contributed by atoms with Crippen LogP contribution in [0.2, 0.25) is 0 Å². The van der Waals surface area contributed by atoms with Gasteiger partial charge in [-0.2, -0.15) is 8.42 Å². The Balaban J connectivity index is 1.66. The van der Waals surface area contributed by atoms with E-state index in [1.54, 1.807) is 12.1 Å². The van der Waals surface area contributed by atoms with Crippen LogP contribution in [-0.4, -0.2) is 42.6 Å². The van der Waals surface area contributed by atoms with Crippen LogP contribution in [0.25, 0.3) is 0 Å². The van der Waals surface area contributed by atoms with Crippen LogP contribution in [0.5, 0.6) is 5.75 Å². The number of rotatable bonds is 5. The van der Waals surface area contributed by atoms with Gasteiger partial charge in [-0.1, -0.05) is 40.2 Å². The summed E-state index contributed by atoms with van der Waals surface area (Å²) in [5, 5.41) is 3.72. The molecule has 2 aromatic carbocycles. The minimum absolute atomic E-state index is 0.302. The molecular weight excluding hydrogens is 486 g/mol. The average Bonchev–Trinajstić information content (AvgIpc) is 3.54. The largest absolute Gasteiger partial charge is 0.382 e. The summed E-state index contributed by atoms with van der Waals surface area (Å²) in [4.78, 5) is 6.87. The minimum atomic E-state index is -3.60. The van der Waals surface area contributed by atoms with Crippen LogP contribution in [0.3, 0.4) is 0 Å². The van der Waals surface area contributed by atoms with Crippen LogP contribution < -0.4 is 9.50 Å². The molecule has 1 N–H and O–H groups in total. The summed E-state index contributed by atoms with van der Waals surface area (Å²) in [6.07, 6.45) is 2.25. The Morgan fingerprint density at radius 1 is 1.17 bits per heavy atom. The van der Waals surface area contributed by atoms with Gasteiger partial charge in [0.15, 0.2) is 5.11 Å². The highest BCUT2D eigenvalue weighted by Gasteiger charge is 2.50. The van der Waals surface area contributed by atoms with Crippen molar-refractivity contribution in [3.8, 4) is 5.75 Å². The number of hydrogen-bond donors (Lipinski definition) is 1. The molecule has 2 aromatic rings. The van der Waals surface area contributed by atoms with Crippen molar-refractivity contribution in [3.63, 3.8) is 0 Å². The van der Waals surface area contributed by atoms with Crippen LogP contribution in [0.4, 0.5) is 0 Å². The highest BCUT2D eigenvalue weighted by Crippen LogP contribution is 2.40. The van der Waals surface area contributed by atoms with Gasteiger partial charge in [-0.25, -0.2) is 0 Å². The SMILES string of the molecule is O=S(=O)(Oc1cccc(C2(c3cccc(Br)c3)NC(=S)N3CCCN=C32)c1)C1CC1. The Morgan fingerprint density at radius 3 is 2.63 bits per heavy atom. The molecule has 0 radical (unpaired) electrons. The summed E-state index contributed by atoms with van der Waals surface area (Å²) >= 11 is 9.22. The third kappa shape index (κ3) is 3.33. The number of hydrogen-bond acceptors (Lipinski definition) is 5. The first-order valence-corrected chi connectivity index (χ1v) is 12.5. The molecule has 0 bridgehead atoms. The van der Waals surface area contributed by atoms with Gasteiger partial charge >= 0.3 is 10.1 Å². The molecule has 2 fully saturated rings. The van der Waals surface area contributed by atoms with Crippen LogP contribution >= 0.6 is 28.1 Å². The minimum Gasteiger partial charge on any atom is -0.382 e. The molecule has 30 heavy (non-hydrogen) atoms. The van der Waals surface area contributed by atoms with Crippen molar-refractivity contribution in [2.24, 2.45) is 4.99 Å². The zero-order chi connectivity index (χ0) is 20.9. The van der Waals surface area contributed by atoms with E-state index in [0.29, 0.717) is 23.7 Å². The maximum atomic E-state index is 12.4. The Morgan fingerprint density at radius 2 is 1.90 bits per heavy atom. The molecule has 1 saturated heterocycles. The third-order valence-electron chi connectivity index (χ3n) is 5.60. The first kappa shape index (κ1) is 20.0. The Bertz CT molecular complexity index is 1160. The zero-order valence-electron chi connectivity index (χ0n) is 16.0. The zero-order valence-corrected chi connectivity index (χ0v) is 19.3. The Hall–Kier alpha value is -1.97. The van der Waals surface area contributed by atoms with Crippen molar-refractivity contribution >= 4 is 49.2 Å². The predicted octanol–water partition coefficient (Wildman–Crippen LogP) is 3.56. The smallest absolute Gasteiger partial charge is 0.312 e. The van der Waals surface area contributed by atoms with Gasteiger partial charge in [0, 0.05) is 17.6 Å². The first-order chi connectivity index (χ1) is 14.4. The van der Waals surface area contributed by atoms with Crippen molar-refractivity contribution in [2.45, 2.75) is 30.1 Å². The molecule has 0 spiro atoms. The number of benzene rings is 2. The molecule has 1 saturated carbocycles. The summed E-state index contributed by atoms with van der Waals surface area (Å²) in [7, 11) is -3.60. The van der Waals surface area contributed by atoms with E-state index in [2.05, 4.69) is 21.2 Å². The Labute approximate surface area is 189 Å². The van der Waals surface area contributed by atoms with Gasteiger partial charge in [-0.3, -0.25) is 4.99 Å². The molecule has 1 aliphatic carbocycles. The van der Waals surface area contributed by atoms with E-state index < -0.39 is 20.9 Å². The van der Waals surface area contributed by atoms with Gasteiger partial charge in [0.2, 0.25) is 0 Å². The summed E-state index contributed by atoms with van der Waals surface area (Å²) in [6.45, 7) is 1.52. The van der Waals surface area contributed by atoms with E-state index in [1.807, 2.05) is 41.3 Å².